The van der Waals surface area contributed by atoms with E-state index in [2.05, 4.69) is 0 Å². The lowest BCUT2D eigenvalue weighted by atomic mass is 10.00. The molecular weight excluding hydrogens is 166 g/mol. The molecule has 13 heavy (non-hydrogen) atoms. The third-order valence-corrected chi connectivity index (χ3v) is 3.14. The third kappa shape index (κ3) is 2.42. The summed E-state index contributed by atoms with van der Waals surface area (Å²) in [7, 11) is 0. The fourth-order valence-corrected chi connectivity index (χ4v) is 2.08. The van der Waals surface area contributed by atoms with Crippen LogP contribution in [0.3, 0.4) is 0 Å². The predicted molar refractivity (Wildman–Crippen MR) is 50.5 cm³/mol. The summed E-state index contributed by atoms with van der Waals surface area (Å²) in [4.78, 5) is 0. The van der Waals surface area contributed by atoms with Crippen LogP contribution in [0.25, 0.3) is 0 Å². The molecule has 1 atom stereocenters. The Morgan fingerprint density at radius 2 is 2.00 bits per heavy atom. The Morgan fingerprint density at radius 1 is 1.31 bits per heavy atom. The van der Waals surface area contributed by atoms with Gasteiger partial charge in [0.15, 0.2) is 0 Å². The Balaban J connectivity index is 1.62. The van der Waals surface area contributed by atoms with Crippen molar-refractivity contribution < 1.29 is 9.47 Å². The molecule has 0 bridgehead atoms. The summed E-state index contributed by atoms with van der Waals surface area (Å²) in [6, 6.07) is 0.253. The molecule has 1 heterocycles. The van der Waals surface area contributed by atoms with E-state index in [0.717, 1.165) is 19.8 Å². The number of rotatable bonds is 4. The van der Waals surface area contributed by atoms with Gasteiger partial charge in [-0.2, -0.15) is 0 Å². The maximum Gasteiger partial charge on any atom is 0.104 e. The predicted octanol–water partition coefficient (Wildman–Crippen LogP) is 0.919. The molecule has 3 nitrogen and oxygen atoms in total. The second-order valence-corrected chi connectivity index (χ2v) is 4.20. The molecule has 0 aromatic rings. The first-order valence-corrected chi connectivity index (χ1v) is 5.31. The maximum absolute atomic E-state index is 6.04. The zero-order valence-corrected chi connectivity index (χ0v) is 8.08. The molecule has 2 N–H and O–H groups in total. The van der Waals surface area contributed by atoms with Gasteiger partial charge in [0.25, 0.3) is 0 Å². The molecule has 76 valence electrons. The summed E-state index contributed by atoms with van der Waals surface area (Å²) >= 11 is 0. The van der Waals surface area contributed by atoms with Crippen LogP contribution in [0, 0.1) is 5.92 Å². The van der Waals surface area contributed by atoms with E-state index in [0.29, 0.717) is 12.0 Å². The lowest BCUT2D eigenvalue weighted by Gasteiger charge is -2.28. The Kier molecular flexibility index (Phi) is 3.19. The van der Waals surface area contributed by atoms with E-state index in [-0.39, 0.29) is 6.04 Å². The van der Waals surface area contributed by atoms with Gasteiger partial charge in [-0.05, 0) is 18.8 Å². The first-order valence-electron chi connectivity index (χ1n) is 5.31. The van der Waals surface area contributed by atoms with Crippen LogP contribution in [0.4, 0.5) is 0 Å². The topological polar surface area (TPSA) is 44.5 Å². The Hall–Kier alpha value is -0.120. The Bertz CT molecular complexity index is 153. The van der Waals surface area contributed by atoms with Crippen molar-refractivity contribution in [2.75, 3.05) is 19.8 Å². The fraction of sp³-hybridized carbons (Fsp3) is 1.00. The molecule has 2 rings (SSSR count). The number of ether oxygens (including phenoxy) is 2. The molecule has 0 spiro atoms. The van der Waals surface area contributed by atoms with Gasteiger partial charge in [0.2, 0.25) is 0 Å². The third-order valence-electron chi connectivity index (χ3n) is 3.14. The SMILES string of the molecule is NC(COC1COC1)C1CCCC1. The minimum Gasteiger partial charge on any atom is -0.376 e. The van der Waals surface area contributed by atoms with Crippen LogP contribution in [0.15, 0.2) is 0 Å². The Morgan fingerprint density at radius 3 is 2.54 bits per heavy atom. The van der Waals surface area contributed by atoms with Crippen LogP contribution in [0.5, 0.6) is 0 Å². The van der Waals surface area contributed by atoms with Crippen molar-refractivity contribution in [1.82, 2.24) is 0 Å². The van der Waals surface area contributed by atoms with Crippen LogP contribution >= 0.6 is 0 Å². The van der Waals surface area contributed by atoms with Crippen LogP contribution in [-0.2, 0) is 9.47 Å². The molecule has 0 radical (unpaired) electrons. The van der Waals surface area contributed by atoms with Crippen molar-refractivity contribution in [2.45, 2.75) is 37.8 Å². The normalized spacial score (nSPS) is 27.5. The molecule has 1 aliphatic heterocycles. The standard InChI is InChI=1S/C10H19NO2/c11-10(8-3-1-2-4-8)7-13-9-5-12-6-9/h8-10H,1-7,11H2. The van der Waals surface area contributed by atoms with Gasteiger partial charge in [0.1, 0.15) is 6.10 Å². The second-order valence-electron chi connectivity index (χ2n) is 4.20. The van der Waals surface area contributed by atoms with Crippen LogP contribution in [0.1, 0.15) is 25.7 Å². The van der Waals surface area contributed by atoms with E-state index in [1.54, 1.807) is 0 Å². The van der Waals surface area contributed by atoms with Crippen molar-refractivity contribution in [3.8, 4) is 0 Å². The first-order chi connectivity index (χ1) is 6.36. The molecule has 2 fully saturated rings. The lowest BCUT2D eigenvalue weighted by molar-refractivity contribution is -0.133. The number of hydrogen-bond acceptors (Lipinski definition) is 3. The second kappa shape index (κ2) is 4.40. The molecule has 1 saturated heterocycles. The molecule has 1 unspecified atom stereocenters. The summed E-state index contributed by atoms with van der Waals surface area (Å²) in [6.07, 6.45) is 5.63. The average molecular weight is 185 g/mol. The van der Waals surface area contributed by atoms with Crippen molar-refractivity contribution in [2.24, 2.45) is 11.7 Å². The van der Waals surface area contributed by atoms with Crippen molar-refractivity contribution in [3.05, 3.63) is 0 Å². The summed E-state index contributed by atoms with van der Waals surface area (Å²) in [5.41, 5.74) is 6.04. The number of nitrogens with two attached hydrogens (primary N) is 1. The van der Waals surface area contributed by atoms with Gasteiger partial charge < -0.3 is 15.2 Å². The van der Waals surface area contributed by atoms with E-state index in [1.807, 2.05) is 0 Å². The summed E-state index contributed by atoms with van der Waals surface area (Å²) < 4.78 is 10.6. The average Bonchev–Trinajstić information content (AvgIpc) is 2.52. The van der Waals surface area contributed by atoms with Gasteiger partial charge in [-0.3, -0.25) is 0 Å². The largest absolute Gasteiger partial charge is 0.376 e. The van der Waals surface area contributed by atoms with Crippen molar-refractivity contribution in [3.63, 3.8) is 0 Å². The van der Waals surface area contributed by atoms with Crippen molar-refractivity contribution in [1.29, 1.82) is 0 Å². The molecule has 1 saturated carbocycles. The molecular formula is C10H19NO2. The van der Waals surface area contributed by atoms with E-state index in [1.165, 1.54) is 25.7 Å². The Labute approximate surface area is 79.6 Å². The fourth-order valence-electron chi connectivity index (χ4n) is 2.08. The van der Waals surface area contributed by atoms with Crippen LogP contribution in [0.2, 0.25) is 0 Å². The van der Waals surface area contributed by atoms with Gasteiger partial charge in [-0.25, -0.2) is 0 Å². The summed E-state index contributed by atoms with van der Waals surface area (Å²) in [5.74, 6) is 0.709. The molecule has 1 aliphatic carbocycles. The summed E-state index contributed by atoms with van der Waals surface area (Å²) in [6.45, 7) is 2.24. The van der Waals surface area contributed by atoms with Gasteiger partial charge in [0.05, 0.1) is 19.8 Å². The molecule has 0 aromatic carbocycles. The maximum atomic E-state index is 6.04. The highest BCUT2D eigenvalue weighted by atomic mass is 16.6. The molecule has 0 amide bonds. The molecule has 3 heteroatoms. The smallest absolute Gasteiger partial charge is 0.104 e. The van der Waals surface area contributed by atoms with Crippen LogP contribution < -0.4 is 5.73 Å². The lowest BCUT2D eigenvalue weighted by Crippen LogP contribution is -2.41. The molecule has 0 aromatic heterocycles. The quantitative estimate of drug-likeness (QED) is 0.708. The highest BCUT2D eigenvalue weighted by molar-refractivity contribution is 4.78. The zero-order chi connectivity index (χ0) is 9.10. The minimum absolute atomic E-state index is 0.253. The molecule has 2 aliphatic rings. The monoisotopic (exact) mass is 185 g/mol. The van der Waals surface area contributed by atoms with E-state index < -0.39 is 0 Å². The van der Waals surface area contributed by atoms with Gasteiger partial charge in [-0.15, -0.1) is 0 Å². The highest BCUT2D eigenvalue weighted by Crippen LogP contribution is 2.27. The van der Waals surface area contributed by atoms with E-state index in [4.69, 9.17) is 15.2 Å². The first kappa shape index (κ1) is 9.44. The number of hydrogen-bond donors (Lipinski definition) is 1. The van der Waals surface area contributed by atoms with Crippen molar-refractivity contribution >= 4 is 0 Å². The minimum atomic E-state index is 0.253. The summed E-state index contributed by atoms with van der Waals surface area (Å²) in [5, 5.41) is 0. The van der Waals surface area contributed by atoms with Crippen LogP contribution in [-0.4, -0.2) is 32.0 Å². The van der Waals surface area contributed by atoms with Gasteiger partial charge in [-0.1, -0.05) is 12.8 Å². The van der Waals surface area contributed by atoms with E-state index >= 15 is 0 Å². The van der Waals surface area contributed by atoms with Gasteiger partial charge >= 0.3 is 0 Å². The van der Waals surface area contributed by atoms with E-state index in [9.17, 15) is 0 Å². The highest BCUT2D eigenvalue weighted by Gasteiger charge is 2.25. The zero-order valence-electron chi connectivity index (χ0n) is 8.08. The van der Waals surface area contributed by atoms with Gasteiger partial charge in [0, 0.05) is 6.04 Å².